The van der Waals surface area contributed by atoms with E-state index in [-0.39, 0.29) is 22.2 Å². The molecule has 39 heavy (non-hydrogen) atoms. The monoisotopic (exact) mass is 594 g/mol. The third-order valence-electron chi connectivity index (χ3n) is 6.16. The van der Waals surface area contributed by atoms with Crippen molar-refractivity contribution in [3.63, 3.8) is 0 Å². The number of nitrogens with zero attached hydrogens (tertiary/aromatic N) is 3. The van der Waals surface area contributed by atoms with Gasteiger partial charge in [0.1, 0.15) is 28.9 Å². The van der Waals surface area contributed by atoms with Gasteiger partial charge in [0, 0.05) is 6.54 Å². The van der Waals surface area contributed by atoms with Gasteiger partial charge in [-0.2, -0.15) is 5.26 Å². The van der Waals surface area contributed by atoms with Crippen molar-refractivity contribution in [1.29, 1.82) is 5.26 Å². The fourth-order valence-corrected chi connectivity index (χ4v) is 6.88. The number of amides is 1. The second-order valence-electron chi connectivity index (χ2n) is 10.2. The number of sulfonamides is 1. The predicted octanol–water partition coefficient (Wildman–Crippen LogP) is 3.54. The molecule has 10 nitrogen and oxygen atoms in total. The lowest BCUT2D eigenvalue weighted by Crippen LogP contribution is -2.46. The van der Waals surface area contributed by atoms with Crippen molar-refractivity contribution < 1.29 is 31.1 Å². The van der Waals surface area contributed by atoms with Gasteiger partial charge < -0.3 is 10.0 Å². The van der Waals surface area contributed by atoms with Crippen molar-refractivity contribution in [2.45, 2.75) is 38.3 Å². The number of carbonyl (C=O) groups is 1. The zero-order valence-electron chi connectivity index (χ0n) is 21.2. The van der Waals surface area contributed by atoms with Crippen LogP contribution in [0.5, 0.6) is 0 Å². The van der Waals surface area contributed by atoms with Crippen LogP contribution in [0.25, 0.3) is 0 Å². The molecule has 14 heteroatoms. The van der Waals surface area contributed by atoms with Crippen molar-refractivity contribution in [2.24, 2.45) is 5.41 Å². The molecule has 0 radical (unpaired) electrons. The summed E-state index contributed by atoms with van der Waals surface area (Å²) in [6.45, 7) is 5.03. The fraction of sp³-hybridized carbons (Fsp3) is 0.280. The Labute approximate surface area is 230 Å². The standard InChI is InChI=1S/C25H24ClFN4O6S2/c1-25(2,3)23-22(32)20(24(33)30(23)13-14-9-10-16(27)15(26)11-14)21-19(12-28)39(36,37)18-8-6-5-7-17(18)31(21)29-38(4,34)35/h5-11,23,29,32H,13H2,1-4H3/t23-/m1/s1. The number of allylic oxidation sites excluding steroid dienone is 1. The molecule has 0 aliphatic carbocycles. The zero-order valence-corrected chi connectivity index (χ0v) is 23.6. The van der Waals surface area contributed by atoms with E-state index in [9.17, 15) is 36.4 Å². The van der Waals surface area contributed by atoms with Crippen LogP contribution in [0.2, 0.25) is 5.02 Å². The van der Waals surface area contributed by atoms with E-state index in [1.807, 2.05) is 0 Å². The quantitative estimate of drug-likeness (QED) is 0.534. The van der Waals surface area contributed by atoms with Crippen molar-refractivity contribution in [3.05, 3.63) is 80.8 Å². The van der Waals surface area contributed by atoms with E-state index < -0.39 is 65.0 Å². The highest BCUT2D eigenvalue weighted by atomic mass is 35.5. The molecular formula is C25H24ClFN4O6S2. The van der Waals surface area contributed by atoms with Crippen molar-refractivity contribution in [1.82, 2.24) is 9.73 Å². The van der Waals surface area contributed by atoms with Crippen LogP contribution in [0.1, 0.15) is 26.3 Å². The summed E-state index contributed by atoms with van der Waals surface area (Å²) in [6.07, 6.45) is 0.815. The number of aliphatic hydroxyl groups is 1. The largest absolute Gasteiger partial charge is 0.509 e. The predicted molar refractivity (Wildman–Crippen MR) is 142 cm³/mol. The maximum absolute atomic E-state index is 14.0. The highest BCUT2D eigenvalue weighted by molar-refractivity contribution is 7.96. The first kappa shape index (κ1) is 28.6. The first-order valence-corrected chi connectivity index (χ1v) is 15.2. The van der Waals surface area contributed by atoms with Gasteiger partial charge in [0.25, 0.3) is 5.91 Å². The third kappa shape index (κ3) is 5.00. The number of carbonyl (C=O) groups excluding carboxylic acids is 1. The summed E-state index contributed by atoms with van der Waals surface area (Å²) in [6, 6.07) is 9.75. The summed E-state index contributed by atoms with van der Waals surface area (Å²) >= 11 is 5.92. The number of fused-ring (bicyclic) bond motifs is 1. The Bertz CT molecular complexity index is 1720. The van der Waals surface area contributed by atoms with E-state index in [1.165, 1.54) is 41.3 Å². The van der Waals surface area contributed by atoms with E-state index in [4.69, 9.17) is 11.6 Å². The topological polar surface area (TPSA) is 148 Å². The molecule has 2 aromatic rings. The Balaban J connectivity index is 1.99. The van der Waals surface area contributed by atoms with Gasteiger partial charge in [-0.05, 0) is 35.2 Å². The van der Waals surface area contributed by atoms with Gasteiger partial charge in [0.15, 0.2) is 4.91 Å². The molecule has 1 amide bonds. The number of nitriles is 1. The smallest absolute Gasteiger partial charge is 0.260 e. The van der Waals surface area contributed by atoms with E-state index in [2.05, 4.69) is 4.83 Å². The van der Waals surface area contributed by atoms with Gasteiger partial charge >= 0.3 is 0 Å². The van der Waals surface area contributed by atoms with Gasteiger partial charge in [-0.15, -0.1) is 4.83 Å². The highest BCUT2D eigenvalue weighted by Crippen LogP contribution is 2.46. The molecule has 0 unspecified atom stereocenters. The Morgan fingerprint density at radius 1 is 1.21 bits per heavy atom. The summed E-state index contributed by atoms with van der Waals surface area (Å²) in [5.41, 5.74) is -1.76. The van der Waals surface area contributed by atoms with Crippen LogP contribution < -0.4 is 9.84 Å². The molecule has 2 N–H and O–H groups in total. The number of hydrogen-bond acceptors (Lipinski definition) is 8. The Morgan fingerprint density at radius 2 is 1.85 bits per heavy atom. The molecule has 2 heterocycles. The molecule has 0 spiro atoms. The van der Waals surface area contributed by atoms with E-state index in [0.29, 0.717) is 5.56 Å². The molecule has 0 bridgehead atoms. The van der Waals surface area contributed by atoms with Crippen LogP contribution in [0, 0.1) is 22.6 Å². The first-order valence-electron chi connectivity index (χ1n) is 11.4. The van der Waals surface area contributed by atoms with Crippen LogP contribution in [0.3, 0.4) is 0 Å². The van der Waals surface area contributed by atoms with E-state index >= 15 is 0 Å². The molecule has 1 atom stereocenters. The van der Waals surface area contributed by atoms with Crippen LogP contribution >= 0.6 is 11.6 Å². The average molecular weight is 595 g/mol. The fourth-order valence-electron chi connectivity index (χ4n) is 4.68. The third-order valence-corrected chi connectivity index (χ3v) is 8.71. The van der Waals surface area contributed by atoms with E-state index in [1.54, 1.807) is 26.8 Å². The van der Waals surface area contributed by atoms with Crippen LogP contribution in [-0.4, -0.2) is 45.0 Å². The lowest BCUT2D eigenvalue weighted by atomic mass is 9.85. The Morgan fingerprint density at radius 3 is 2.41 bits per heavy atom. The van der Waals surface area contributed by atoms with Crippen LogP contribution in [-0.2, 0) is 31.2 Å². The molecule has 2 aliphatic heterocycles. The number of nitrogens with one attached hydrogen (secondary N) is 1. The van der Waals surface area contributed by atoms with Gasteiger partial charge in [-0.3, -0.25) is 9.80 Å². The van der Waals surface area contributed by atoms with Gasteiger partial charge in [0.05, 0.1) is 27.9 Å². The summed E-state index contributed by atoms with van der Waals surface area (Å²) in [7, 11) is -8.62. The average Bonchev–Trinajstić information content (AvgIpc) is 3.06. The van der Waals surface area contributed by atoms with Gasteiger partial charge in [-0.25, -0.2) is 21.2 Å². The molecule has 0 saturated carbocycles. The maximum atomic E-state index is 14.0. The normalized spacial score (nSPS) is 19.4. The van der Waals surface area contributed by atoms with Crippen LogP contribution in [0.15, 0.2) is 69.3 Å². The second kappa shape index (κ2) is 9.63. The Kier molecular flexibility index (Phi) is 7.06. The minimum atomic E-state index is -4.53. The van der Waals surface area contributed by atoms with Crippen molar-refractivity contribution >= 4 is 43.1 Å². The lowest BCUT2D eigenvalue weighted by Gasteiger charge is -2.35. The van der Waals surface area contributed by atoms with Gasteiger partial charge in [-0.1, -0.05) is 50.6 Å². The number of para-hydroxylation sites is 1. The number of sulfone groups is 1. The minimum absolute atomic E-state index is 0.160. The number of halogens is 2. The highest BCUT2D eigenvalue weighted by Gasteiger charge is 2.51. The molecule has 4 rings (SSSR count). The van der Waals surface area contributed by atoms with Gasteiger partial charge in [0.2, 0.25) is 19.9 Å². The summed E-state index contributed by atoms with van der Waals surface area (Å²) < 4.78 is 65.4. The number of aliphatic hydroxyl groups excluding tert-OH is 1. The molecular weight excluding hydrogens is 571 g/mol. The van der Waals surface area contributed by atoms with E-state index in [0.717, 1.165) is 17.3 Å². The molecule has 0 aromatic heterocycles. The number of benzene rings is 2. The van der Waals surface area contributed by atoms with Crippen LogP contribution in [0.4, 0.5) is 10.1 Å². The number of hydrogen-bond donors (Lipinski definition) is 2. The molecule has 0 fully saturated rings. The first-order chi connectivity index (χ1) is 18.0. The summed E-state index contributed by atoms with van der Waals surface area (Å²) in [5.74, 6) is -2.09. The lowest BCUT2D eigenvalue weighted by molar-refractivity contribution is -0.129. The number of anilines is 1. The summed E-state index contributed by atoms with van der Waals surface area (Å²) in [4.78, 5) is 16.1. The molecule has 0 saturated heterocycles. The summed E-state index contributed by atoms with van der Waals surface area (Å²) in [5, 5.41) is 22.1. The SMILES string of the molecule is CC(C)(C)[C@H]1C(O)=C(C2=C(C#N)S(=O)(=O)c3ccccc3N2NS(C)(=O)=O)C(=O)N1Cc1ccc(F)c(Cl)c1. The number of hydrazine groups is 1. The maximum Gasteiger partial charge on any atom is 0.260 e. The zero-order chi connectivity index (χ0) is 29.1. The van der Waals surface area contributed by atoms with Crippen molar-refractivity contribution in [2.75, 3.05) is 11.3 Å². The number of rotatable bonds is 5. The molecule has 2 aliphatic rings. The Hall–Kier alpha value is -3.44. The molecule has 206 valence electrons. The second-order valence-corrected chi connectivity index (χ2v) is 14.2. The van der Waals surface area contributed by atoms with Crippen molar-refractivity contribution in [3.8, 4) is 6.07 Å². The molecule has 2 aromatic carbocycles. The minimum Gasteiger partial charge on any atom is -0.509 e.